The molecule has 0 bridgehead atoms. The van der Waals surface area contributed by atoms with Gasteiger partial charge in [-0.1, -0.05) is 11.6 Å². The van der Waals surface area contributed by atoms with Gasteiger partial charge in [0.15, 0.2) is 0 Å². The third-order valence-corrected chi connectivity index (χ3v) is 5.75. The predicted molar refractivity (Wildman–Crippen MR) is 74.8 cm³/mol. The van der Waals surface area contributed by atoms with Gasteiger partial charge in [-0.3, -0.25) is 0 Å². The lowest BCUT2D eigenvalue weighted by Crippen LogP contribution is -2.37. The van der Waals surface area contributed by atoms with Crippen LogP contribution in [0.3, 0.4) is 0 Å². The highest BCUT2D eigenvalue weighted by Crippen LogP contribution is 2.29. The number of nitrogen functional groups attached to an aromatic ring is 1. The number of anilines is 1. The molecule has 1 atom stereocenters. The molecule has 2 rings (SSSR count). The number of benzene rings is 1. The van der Waals surface area contributed by atoms with Gasteiger partial charge in [0.2, 0.25) is 10.0 Å². The molecule has 1 saturated heterocycles. The molecule has 1 aromatic carbocycles. The number of nitrogens with two attached hydrogens (primary N) is 1. The van der Waals surface area contributed by atoms with Gasteiger partial charge in [0.1, 0.15) is 0 Å². The van der Waals surface area contributed by atoms with E-state index in [0.29, 0.717) is 30.2 Å². The Bertz CT molecular complexity index is 583. The molecule has 0 radical (unpaired) electrons. The van der Waals surface area contributed by atoms with E-state index in [9.17, 15) is 8.42 Å². The number of likely N-dealkylation sites (N-methyl/N-ethyl adjacent to an activating group) is 1. The van der Waals surface area contributed by atoms with Crippen molar-refractivity contribution >= 4 is 27.3 Å². The van der Waals surface area contributed by atoms with E-state index in [2.05, 4.69) is 0 Å². The summed E-state index contributed by atoms with van der Waals surface area (Å²) >= 11 is 5.89. The Hall–Kier alpha value is -0.820. The summed E-state index contributed by atoms with van der Waals surface area (Å²) < 4.78 is 31.7. The monoisotopic (exact) mass is 304 g/mol. The molecule has 0 saturated carbocycles. The normalized spacial score (nSPS) is 20.1. The van der Waals surface area contributed by atoms with Gasteiger partial charge >= 0.3 is 0 Å². The molecule has 19 heavy (non-hydrogen) atoms. The van der Waals surface area contributed by atoms with Crippen LogP contribution in [-0.4, -0.2) is 39.0 Å². The minimum absolute atomic E-state index is 0.124. The first-order valence-electron chi connectivity index (χ1n) is 5.95. The maximum Gasteiger partial charge on any atom is 0.243 e. The van der Waals surface area contributed by atoms with Crippen LogP contribution in [0, 0.1) is 6.92 Å². The average molecular weight is 305 g/mol. The van der Waals surface area contributed by atoms with Gasteiger partial charge in [0, 0.05) is 13.7 Å². The maximum absolute atomic E-state index is 12.6. The molecule has 1 aliphatic heterocycles. The molecule has 0 spiro atoms. The molecule has 1 fully saturated rings. The van der Waals surface area contributed by atoms with Crippen molar-refractivity contribution in [2.75, 3.05) is 26.0 Å². The van der Waals surface area contributed by atoms with Crippen LogP contribution in [0.5, 0.6) is 0 Å². The highest BCUT2D eigenvalue weighted by atomic mass is 35.5. The fourth-order valence-electron chi connectivity index (χ4n) is 2.11. The van der Waals surface area contributed by atoms with Crippen molar-refractivity contribution in [1.29, 1.82) is 0 Å². The van der Waals surface area contributed by atoms with E-state index in [1.54, 1.807) is 20.0 Å². The summed E-state index contributed by atoms with van der Waals surface area (Å²) in [7, 11) is -2.01. The van der Waals surface area contributed by atoms with Crippen molar-refractivity contribution in [3.63, 3.8) is 0 Å². The van der Waals surface area contributed by atoms with Crippen LogP contribution in [0.15, 0.2) is 17.0 Å². The molecule has 106 valence electrons. The summed E-state index contributed by atoms with van der Waals surface area (Å²) in [6.45, 7) is 2.72. The minimum atomic E-state index is -3.58. The largest absolute Gasteiger partial charge is 0.397 e. The van der Waals surface area contributed by atoms with Crippen LogP contribution in [-0.2, 0) is 14.8 Å². The number of hydrogen-bond donors (Lipinski definition) is 1. The number of ether oxygens (including phenoxy) is 1. The molecule has 1 aliphatic rings. The highest BCUT2D eigenvalue weighted by Gasteiger charge is 2.31. The maximum atomic E-state index is 12.6. The number of sulfonamides is 1. The first kappa shape index (κ1) is 14.6. The Morgan fingerprint density at radius 1 is 1.47 bits per heavy atom. The molecule has 7 heteroatoms. The van der Waals surface area contributed by atoms with Gasteiger partial charge in [0.05, 0.1) is 28.3 Å². The second-order valence-corrected chi connectivity index (χ2v) is 7.05. The van der Waals surface area contributed by atoms with Crippen molar-refractivity contribution < 1.29 is 13.2 Å². The second-order valence-electron chi connectivity index (χ2n) is 4.68. The van der Waals surface area contributed by atoms with Crippen molar-refractivity contribution in [3.8, 4) is 0 Å². The zero-order chi connectivity index (χ0) is 14.2. The van der Waals surface area contributed by atoms with Gasteiger partial charge in [0.25, 0.3) is 0 Å². The van der Waals surface area contributed by atoms with Crippen LogP contribution in [0.4, 0.5) is 5.69 Å². The molecule has 0 amide bonds. The van der Waals surface area contributed by atoms with Crippen molar-refractivity contribution in [2.24, 2.45) is 0 Å². The number of hydrogen-bond acceptors (Lipinski definition) is 4. The van der Waals surface area contributed by atoms with Crippen LogP contribution < -0.4 is 5.73 Å². The Kier molecular flexibility index (Phi) is 4.06. The lowest BCUT2D eigenvalue weighted by atomic mass is 10.2. The quantitative estimate of drug-likeness (QED) is 0.862. The molecule has 2 N–H and O–H groups in total. The molecular formula is C12H17ClN2O3S. The van der Waals surface area contributed by atoms with E-state index < -0.39 is 10.0 Å². The third kappa shape index (κ3) is 2.72. The van der Waals surface area contributed by atoms with E-state index >= 15 is 0 Å². The molecule has 1 heterocycles. The van der Waals surface area contributed by atoms with E-state index in [1.165, 1.54) is 10.4 Å². The number of aryl methyl sites for hydroxylation is 1. The Balaban J connectivity index is 2.41. The molecule has 5 nitrogen and oxygen atoms in total. The van der Waals surface area contributed by atoms with Crippen LogP contribution in [0.2, 0.25) is 5.02 Å². The zero-order valence-electron chi connectivity index (χ0n) is 10.9. The summed E-state index contributed by atoms with van der Waals surface area (Å²) in [5.74, 6) is 0. The van der Waals surface area contributed by atoms with Gasteiger partial charge in [-0.25, -0.2) is 8.42 Å². The summed E-state index contributed by atoms with van der Waals surface area (Å²) in [5.41, 5.74) is 6.55. The Morgan fingerprint density at radius 3 is 2.74 bits per heavy atom. The van der Waals surface area contributed by atoms with Crippen molar-refractivity contribution in [2.45, 2.75) is 24.3 Å². The van der Waals surface area contributed by atoms with Crippen LogP contribution >= 0.6 is 11.6 Å². The summed E-state index contributed by atoms with van der Waals surface area (Å²) in [6, 6.07) is 2.86. The molecule has 0 aromatic heterocycles. The number of rotatable bonds is 3. The molecule has 0 aliphatic carbocycles. The lowest BCUT2D eigenvalue weighted by molar-refractivity contribution is 0.181. The predicted octanol–water partition coefficient (Wildman–Crippen LogP) is 1.64. The van der Waals surface area contributed by atoms with Crippen molar-refractivity contribution in [3.05, 3.63) is 22.7 Å². The zero-order valence-corrected chi connectivity index (χ0v) is 12.5. The summed E-state index contributed by atoms with van der Waals surface area (Å²) in [6.07, 6.45) is 0.706. The number of nitrogens with zero attached hydrogens (tertiary/aromatic N) is 1. The van der Waals surface area contributed by atoms with Gasteiger partial charge in [-0.05, 0) is 31.0 Å². The van der Waals surface area contributed by atoms with Gasteiger partial charge < -0.3 is 10.5 Å². The standard InChI is InChI=1S/C12H17ClN2O3S/c1-8-5-10(13)11(14)6-12(8)19(16,17)15(2)9-3-4-18-7-9/h5-6,9H,3-4,7,14H2,1-2H3. The fourth-order valence-corrected chi connectivity index (χ4v) is 3.94. The SMILES string of the molecule is Cc1cc(Cl)c(N)cc1S(=O)(=O)N(C)C1CCOC1. The summed E-state index contributed by atoms with van der Waals surface area (Å²) in [5, 5.41) is 0.364. The van der Waals surface area contributed by atoms with E-state index in [4.69, 9.17) is 22.1 Å². The van der Waals surface area contributed by atoms with E-state index in [0.717, 1.165) is 0 Å². The lowest BCUT2D eigenvalue weighted by Gasteiger charge is -2.23. The summed E-state index contributed by atoms with van der Waals surface area (Å²) in [4.78, 5) is 0.198. The van der Waals surface area contributed by atoms with Crippen molar-refractivity contribution in [1.82, 2.24) is 4.31 Å². The van der Waals surface area contributed by atoms with Crippen LogP contribution in [0.1, 0.15) is 12.0 Å². The molecular weight excluding hydrogens is 288 g/mol. The smallest absolute Gasteiger partial charge is 0.243 e. The Morgan fingerprint density at radius 2 is 2.16 bits per heavy atom. The first-order chi connectivity index (χ1) is 8.84. The van der Waals surface area contributed by atoms with Crippen LogP contribution in [0.25, 0.3) is 0 Å². The van der Waals surface area contributed by atoms with E-state index in [1.807, 2.05) is 0 Å². The second kappa shape index (κ2) is 5.28. The van der Waals surface area contributed by atoms with E-state index in [-0.39, 0.29) is 16.6 Å². The fraction of sp³-hybridized carbons (Fsp3) is 0.500. The van der Waals surface area contributed by atoms with Gasteiger partial charge in [-0.15, -0.1) is 0 Å². The topological polar surface area (TPSA) is 72.6 Å². The first-order valence-corrected chi connectivity index (χ1v) is 7.77. The molecule has 1 aromatic rings. The third-order valence-electron chi connectivity index (χ3n) is 3.37. The highest BCUT2D eigenvalue weighted by molar-refractivity contribution is 7.89. The average Bonchev–Trinajstić information content (AvgIpc) is 2.86. The van der Waals surface area contributed by atoms with Gasteiger partial charge in [-0.2, -0.15) is 4.31 Å². The number of halogens is 1. The minimum Gasteiger partial charge on any atom is -0.397 e. The Labute approximate surface area is 118 Å². The molecule has 1 unspecified atom stereocenters.